The molecule has 1 amide bonds. The number of hydrogen-bond donors (Lipinski definition) is 1. The van der Waals surface area contributed by atoms with E-state index in [9.17, 15) is 4.79 Å². The van der Waals surface area contributed by atoms with Crippen molar-refractivity contribution in [1.29, 1.82) is 0 Å². The smallest absolute Gasteiger partial charge is 0.222 e. The Bertz CT molecular complexity index is 224. The van der Waals surface area contributed by atoms with Gasteiger partial charge in [-0.25, -0.2) is 0 Å². The highest BCUT2D eigenvalue weighted by atomic mass is 16.2. The van der Waals surface area contributed by atoms with Crippen molar-refractivity contribution in [1.82, 2.24) is 4.90 Å². The molecule has 1 fully saturated rings. The third-order valence-corrected chi connectivity index (χ3v) is 3.63. The molecule has 1 rings (SSSR count). The van der Waals surface area contributed by atoms with Crippen molar-refractivity contribution in [2.75, 3.05) is 13.1 Å². The van der Waals surface area contributed by atoms with Crippen LogP contribution in [0.3, 0.4) is 0 Å². The summed E-state index contributed by atoms with van der Waals surface area (Å²) in [5.74, 6) is 0.871. The van der Waals surface area contributed by atoms with E-state index in [4.69, 9.17) is 5.73 Å². The second kappa shape index (κ2) is 7.70. The number of hydrogen-bond acceptors (Lipinski definition) is 2. The van der Waals surface area contributed by atoms with E-state index in [-0.39, 0.29) is 0 Å². The summed E-state index contributed by atoms with van der Waals surface area (Å²) in [6.07, 6.45) is 7.38. The molecule has 0 bridgehead atoms. The maximum atomic E-state index is 12.2. The molecule has 2 unspecified atom stereocenters. The first kappa shape index (κ1) is 14.5. The molecule has 2 atom stereocenters. The number of nitrogens with two attached hydrogens (primary N) is 1. The fourth-order valence-electron chi connectivity index (χ4n) is 2.80. The lowest BCUT2D eigenvalue weighted by Gasteiger charge is -2.29. The molecule has 0 aromatic rings. The summed E-state index contributed by atoms with van der Waals surface area (Å²) < 4.78 is 0. The van der Waals surface area contributed by atoms with Gasteiger partial charge in [-0.2, -0.15) is 0 Å². The van der Waals surface area contributed by atoms with Gasteiger partial charge in [-0.05, 0) is 38.0 Å². The van der Waals surface area contributed by atoms with Crippen LogP contribution >= 0.6 is 0 Å². The minimum Gasteiger partial charge on any atom is -0.343 e. The number of carbonyl (C=O) groups excluding carboxylic acids is 1. The molecule has 0 aromatic heterocycles. The van der Waals surface area contributed by atoms with Gasteiger partial charge in [0, 0.05) is 25.6 Å². The van der Waals surface area contributed by atoms with Crippen molar-refractivity contribution in [3.63, 3.8) is 0 Å². The lowest BCUT2D eigenvalue weighted by Crippen LogP contribution is -2.36. The molecule has 17 heavy (non-hydrogen) atoms. The van der Waals surface area contributed by atoms with Gasteiger partial charge in [-0.15, -0.1) is 0 Å². The van der Waals surface area contributed by atoms with E-state index in [1.807, 2.05) is 4.90 Å². The maximum Gasteiger partial charge on any atom is 0.222 e. The van der Waals surface area contributed by atoms with Crippen LogP contribution in [0.25, 0.3) is 0 Å². The second-order valence-electron chi connectivity index (χ2n) is 5.38. The lowest BCUT2D eigenvalue weighted by molar-refractivity contribution is -0.132. The van der Waals surface area contributed by atoms with E-state index in [2.05, 4.69) is 13.8 Å². The minimum absolute atomic E-state index is 0.326. The Balaban J connectivity index is 2.39. The van der Waals surface area contributed by atoms with Gasteiger partial charge in [-0.1, -0.05) is 20.3 Å². The quantitative estimate of drug-likeness (QED) is 0.775. The molecule has 1 aliphatic carbocycles. The summed E-state index contributed by atoms with van der Waals surface area (Å²) in [5, 5.41) is 0. The molecule has 0 saturated heterocycles. The van der Waals surface area contributed by atoms with E-state index in [0.717, 1.165) is 38.8 Å². The highest BCUT2D eigenvalue weighted by Crippen LogP contribution is 2.26. The van der Waals surface area contributed by atoms with Crippen LogP contribution in [-0.4, -0.2) is 29.9 Å². The summed E-state index contributed by atoms with van der Waals surface area (Å²) in [6, 6.07) is 0.326. The molecule has 0 spiro atoms. The van der Waals surface area contributed by atoms with Crippen molar-refractivity contribution in [3.8, 4) is 0 Å². The largest absolute Gasteiger partial charge is 0.343 e. The van der Waals surface area contributed by atoms with Crippen LogP contribution in [0.1, 0.15) is 58.8 Å². The molecule has 0 aliphatic heterocycles. The van der Waals surface area contributed by atoms with E-state index in [0.29, 0.717) is 24.3 Å². The molecular weight excluding hydrogens is 212 g/mol. The van der Waals surface area contributed by atoms with Gasteiger partial charge >= 0.3 is 0 Å². The Labute approximate surface area is 106 Å². The second-order valence-corrected chi connectivity index (χ2v) is 5.38. The summed E-state index contributed by atoms with van der Waals surface area (Å²) >= 11 is 0. The van der Waals surface area contributed by atoms with Gasteiger partial charge in [0.05, 0.1) is 0 Å². The summed E-state index contributed by atoms with van der Waals surface area (Å²) in [5.41, 5.74) is 5.97. The van der Waals surface area contributed by atoms with Gasteiger partial charge in [0.25, 0.3) is 0 Å². The fourth-order valence-corrected chi connectivity index (χ4v) is 2.80. The molecule has 100 valence electrons. The van der Waals surface area contributed by atoms with Crippen LogP contribution in [0.2, 0.25) is 0 Å². The highest BCUT2D eigenvalue weighted by molar-refractivity contribution is 5.76. The Hall–Kier alpha value is -0.570. The molecule has 1 aliphatic rings. The zero-order valence-electron chi connectivity index (χ0n) is 11.5. The predicted molar refractivity (Wildman–Crippen MR) is 71.7 cm³/mol. The van der Waals surface area contributed by atoms with Gasteiger partial charge in [0.15, 0.2) is 0 Å². The summed E-state index contributed by atoms with van der Waals surface area (Å²) in [4.78, 5) is 14.2. The zero-order valence-corrected chi connectivity index (χ0v) is 11.5. The fraction of sp³-hybridized carbons (Fsp3) is 0.929. The average Bonchev–Trinajstić information content (AvgIpc) is 2.28. The van der Waals surface area contributed by atoms with Crippen molar-refractivity contribution in [2.24, 2.45) is 11.7 Å². The van der Waals surface area contributed by atoms with Gasteiger partial charge in [-0.3, -0.25) is 4.79 Å². The van der Waals surface area contributed by atoms with Crippen molar-refractivity contribution in [2.45, 2.75) is 64.8 Å². The minimum atomic E-state index is 0.326. The van der Waals surface area contributed by atoms with E-state index >= 15 is 0 Å². The zero-order chi connectivity index (χ0) is 12.7. The third-order valence-electron chi connectivity index (χ3n) is 3.63. The van der Waals surface area contributed by atoms with Crippen molar-refractivity contribution in [3.05, 3.63) is 0 Å². The SMILES string of the molecule is CCCN(CCC)C(=O)CC1CCCC(N)C1. The first-order valence-corrected chi connectivity index (χ1v) is 7.20. The predicted octanol–water partition coefficient (Wildman–Crippen LogP) is 2.54. The van der Waals surface area contributed by atoms with Crippen LogP contribution < -0.4 is 5.73 Å². The van der Waals surface area contributed by atoms with E-state index in [1.54, 1.807) is 0 Å². The van der Waals surface area contributed by atoms with Gasteiger partial charge in [0.2, 0.25) is 5.91 Å². The standard InChI is InChI=1S/C14H28N2O/c1-3-8-16(9-4-2)14(17)11-12-6-5-7-13(15)10-12/h12-13H,3-11,15H2,1-2H3. The normalized spacial score (nSPS) is 24.6. The molecule has 1 saturated carbocycles. The van der Waals surface area contributed by atoms with Crippen molar-refractivity contribution < 1.29 is 4.79 Å². The number of nitrogens with zero attached hydrogens (tertiary/aromatic N) is 1. The molecule has 0 heterocycles. The summed E-state index contributed by atoms with van der Waals surface area (Å²) in [7, 11) is 0. The molecule has 0 radical (unpaired) electrons. The molecular formula is C14H28N2O. The number of rotatable bonds is 6. The average molecular weight is 240 g/mol. The highest BCUT2D eigenvalue weighted by Gasteiger charge is 2.23. The number of amides is 1. The lowest BCUT2D eigenvalue weighted by atomic mass is 9.84. The Morgan fingerprint density at radius 1 is 1.24 bits per heavy atom. The summed E-state index contributed by atoms with van der Waals surface area (Å²) in [6.45, 7) is 6.08. The van der Waals surface area contributed by atoms with Crippen LogP contribution in [0.15, 0.2) is 0 Å². The molecule has 0 aromatic carbocycles. The monoisotopic (exact) mass is 240 g/mol. The maximum absolute atomic E-state index is 12.2. The Kier molecular flexibility index (Phi) is 6.56. The molecule has 2 N–H and O–H groups in total. The topological polar surface area (TPSA) is 46.3 Å². The van der Waals surface area contributed by atoms with Crippen molar-refractivity contribution >= 4 is 5.91 Å². The van der Waals surface area contributed by atoms with Crippen LogP contribution in [0.4, 0.5) is 0 Å². The van der Waals surface area contributed by atoms with Crippen LogP contribution in [0.5, 0.6) is 0 Å². The van der Waals surface area contributed by atoms with Crippen LogP contribution in [-0.2, 0) is 4.79 Å². The first-order valence-electron chi connectivity index (χ1n) is 7.20. The van der Waals surface area contributed by atoms with Gasteiger partial charge in [0.1, 0.15) is 0 Å². The van der Waals surface area contributed by atoms with Crippen LogP contribution in [0, 0.1) is 5.92 Å². The molecule has 3 heteroatoms. The van der Waals surface area contributed by atoms with E-state index < -0.39 is 0 Å². The Morgan fingerprint density at radius 2 is 1.88 bits per heavy atom. The Morgan fingerprint density at radius 3 is 2.41 bits per heavy atom. The third kappa shape index (κ3) is 5.07. The molecule has 3 nitrogen and oxygen atoms in total. The number of carbonyl (C=O) groups is 1. The van der Waals surface area contributed by atoms with Gasteiger partial charge < -0.3 is 10.6 Å². The van der Waals surface area contributed by atoms with E-state index in [1.165, 1.54) is 12.8 Å². The first-order chi connectivity index (χ1) is 8.17.